The maximum atomic E-state index is 11.4. The number of thiol groups is 1. The first kappa shape index (κ1) is 12.3. The first-order valence-electron chi connectivity index (χ1n) is 5.07. The molecule has 0 unspecified atom stereocenters. The van der Waals surface area contributed by atoms with Crippen LogP contribution in [0.1, 0.15) is 20.3 Å². The molecule has 1 aliphatic heterocycles. The predicted molar refractivity (Wildman–Crippen MR) is 61.4 cm³/mol. The highest BCUT2D eigenvalue weighted by Gasteiger charge is 2.28. The molecule has 0 aromatic heterocycles. The maximum absolute atomic E-state index is 11.4. The van der Waals surface area contributed by atoms with Crippen LogP contribution in [0.5, 0.6) is 0 Å². The van der Waals surface area contributed by atoms with Gasteiger partial charge in [0, 0.05) is 26.2 Å². The molecule has 0 bridgehead atoms. The summed E-state index contributed by atoms with van der Waals surface area (Å²) in [6, 6.07) is 1.89. The Bertz CT molecular complexity index is 271. The summed E-state index contributed by atoms with van der Waals surface area (Å²) in [6.45, 7) is 7.14. The van der Waals surface area contributed by atoms with E-state index in [1.54, 1.807) is 4.90 Å². The summed E-state index contributed by atoms with van der Waals surface area (Å²) in [5.74, 6) is -0.0610. The Hall–Kier alpha value is -0.730. The third-order valence-corrected chi connectivity index (χ3v) is 2.92. The van der Waals surface area contributed by atoms with Gasteiger partial charge in [0.1, 0.15) is 6.42 Å². The van der Waals surface area contributed by atoms with E-state index < -0.39 is 0 Å². The van der Waals surface area contributed by atoms with Crippen molar-refractivity contribution in [3.8, 4) is 6.07 Å². The van der Waals surface area contributed by atoms with Crippen LogP contribution in [0, 0.1) is 11.3 Å². The van der Waals surface area contributed by atoms with Crippen molar-refractivity contribution in [1.82, 2.24) is 9.80 Å². The van der Waals surface area contributed by atoms with Crippen molar-refractivity contribution in [2.75, 3.05) is 26.2 Å². The largest absolute Gasteiger partial charge is 0.339 e. The molecule has 0 aromatic rings. The van der Waals surface area contributed by atoms with Gasteiger partial charge in [-0.05, 0) is 13.8 Å². The zero-order valence-corrected chi connectivity index (χ0v) is 10.1. The van der Waals surface area contributed by atoms with Crippen LogP contribution in [0.3, 0.4) is 0 Å². The third-order valence-electron chi connectivity index (χ3n) is 2.64. The van der Waals surface area contributed by atoms with E-state index in [9.17, 15) is 4.79 Å². The SMILES string of the molecule is CC(C)(S)N1CCN(C(=O)CC#N)CC1. The normalized spacial score (nSPS) is 18.7. The van der Waals surface area contributed by atoms with Gasteiger partial charge in [-0.15, -0.1) is 0 Å². The molecule has 1 saturated heterocycles. The van der Waals surface area contributed by atoms with Gasteiger partial charge in [0.15, 0.2) is 0 Å². The summed E-state index contributed by atoms with van der Waals surface area (Å²) >= 11 is 4.49. The Morgan fingerprint density at radius 1 is 1.40 bits per heavy atom. The summed E-state index contributed by atoms with van der Waals surface area (Å²) in [5.41, 5.74) is 0. The summed E-state index contributed by atoms with van der Waals surface area (Å²) in [4.78, 5) is 15.3. The molecule has 1 heterocycles. The second-order valence-corrected chi connectivity index (χ2v) is 5.29. The van der Waals surface area contributed by atoms with E-state index in [0.717, 1.165) is 13.1 Å². The van der Waals surface area contributed by atoms with Crippen LogP contribution in [0.2, 0.25) is 0 Å². The van der Waals surface area contributed by atoms with E-state index in [-0.39, 0.29) is 17.2 Å². The second kappa shape index (κ2) is 4.86. The molecule has 0 aromatic carbocycles. The molecule has 1 amide bonds. The molecule has 1 fully saturated rings. The van der Waals surface area contributed by atoms with E-state index in [1.807, 2.05) is 19.9 Å². The molecule has 0 spiro atoms. The fourth-order valence-corrected chi connectivity index (χ4v) is 1.88. The molecule has 15 heavy (non-hydrogen) atoms. The van der Waals surface area contributed by atoms with Gasteiger partial charge in [-0.1, -0.05) is 0 Å². The van der Waals surface area contributed by atoms with Crippen molar-refractivity contribution in [2.45, 2.75) is 25.1 Å². The lowest BCUT2D eigenvalue weighted by atomic mass is 10.2. The van der Waals surface area contributed by atoms with E-state index in [0.29, 0.717) is 13.1 Å². The van der Waals surface area contributed by atoms with Crippen LogP contribution in [-0.4, -0.2) is 46.8 Å². The number of rotatable bonds is 2. The fourth-order valence-electron chi connectivity index (χ4n) is 1.68. The van der Waals surface area contributed by atoms with Crippen LogP contribution in [0.15, 0.2) is 0 Å². The minimum Gasteiger partial charge on any atom is -0.339 e. The number of piperazine rings is 1. The molecule has 0 saturated carbocycles. The first-order chi connectivity index (χ1) is 6.95. The molecule has 0 radical (unpaired) electrons. The Morgan fingerprint density at radius 2 is 1.93 bits per heavy atom. The molecule has 1 rings (SSSR count). The molecule has 0 aliphatic carbocycles. The number of amides is 1. The lowest BCUT2D eigenvalue weighted by Crippen LogP contribution is -2.53. The number of nitriles is 1. The summed E-state index contributed by atoms with van der Waals surface area (Å²) in [6.07, 6.45) is -0.00965. The van der Waals surface area contributed by atoms with Crippen molar-refractivity contribution >= 4 is 18.5 Å². The average molecular weight is 227 g/mol. The number of nitrogens with zero attached hydrogens (tertiary/aromatic N) is 3. The van der Waals surface area contributed by atoms with E-state index >= 15 is 0 Å². The first-order valence-corrected chi connectivity index (χ1v) is 5.52. The molecule has 0 atom stereocenters. The van der Waals surface area contributed by atoms with Crippen molar-refractivity contribution in [3.63, 3.8) is 0 Å². The Kier molecular flexibility index (Phi) is 4.00. The van der Waals surface area contributed by atoms with Gasteiger partial charge in [0.2, 0.25) is 5.91 Å². The van der Waals surface area contributed by atoms with Gasteiger partial charge < -0.3 is 4.90 Å². The van der Waals surface area contributed by atoms with Crippen molar-refractivity contribution in [2.24, 2.45) is 0 Å². The number of carbonyl (C=O) groups is 1. The van der Waals surface area contributed by atoms with Crippen molar-refractivity contribution < 1.29 is 4.79 Å². The average Bonchev–Trinajstić information content (AvgIpc) is 2.17. The highest BCUT2D eigenvalue weighted by molar-refractivity contribution is 7.81. The summed E-state index contributed by atoms with van der Waals surface area (Å²) < 4.78 is 0. The van der Waals surface area contributed by atoms with E-state index in [2.05, 4.69) is 17.5 Å². The lowest BCUT2D eigenvalue weighted by Gasteiger charge is -2.41. The predicted octanol–water partition coefficient (Wildman–Crippen LogP) is 0.710. The van der Waals surface area contributed by atoms with Gasteiger partial charge in [0.25, 0.3) is 0 Å². The highest BCUT2D eigenvalue weighted by atomic mass is 32.1. The summed E-state index contributed by atoms with van der Waals surface area (Å²) in [7, 11) is 0. The molecular weight excluding hydrogens is 210 g/mol. The van der Waals surface area contributed by atoms with Crippen LogP contribution in [-0.2, 0) is 4.79 Å². The van der Waals surface area contributed by atoms with Gasteiger partial charge in [-0.3, -0.25) is 9.69 Å². The molecular formula is C10H17N3OS. The van der Waals surface area contributed by atoms with Crippen LogP contribution < -0.4 is 0 Å². The fraction of sp³-hybridized carbons (Fsp3) is 0.800. The zero-order valence-electron chi connectivity index (χ0n) is 9.23. The van der Waals surface area contributed by atoms with E-state index in [4.69, 9.17) is 5.26 Å². The molecule has 0 N–H and O–H groups in total. The Morgan fingerprint density at radius 3 is 2.33 bits per heavy atom. The van der Waals surface area contributed by atoms with Gasteiger partial charge in [0.05, 0.1) is 10.9 Å². The molecule has 5 heteroatoms. The highest BCUT2D eigenvalue weighted by Crippen LogP contribution is 2.20. The van der Waals surface area contributed by atoms with E-state index in [1.165, 1.54) is 0 Å². The molecule has 1 aliphatic rings. The Labute approximate surface area is 96.2 Å². The second-order valence-electron chi connectivity index (χ2n) is 4.20. The number of hydrogen-bond donors (Lipinski definition) is 1. The third kappa shape index (κ3) is 3.40. The molecule has 4 nitrogen and oxygen atoms in total. The van der Waals surface area contributed by atoms with Crippen molar-refractivity contribution in [3.05, 3.63) is 0 Å². The standard InChI is InChI=1S/C10H17N3OS/c1-10(2,15)13-7-5-12(6-8-13)9(14)3-4-11/h15H,3,5-8H2,1-2H3. The van der Waals surface area contributed by atoms with Crippen LogP contribution in [0.4, 0.5) is 0 Å². The van der Waals surface area contributed by atoms with Crippen molar-refractivity contribution in [1.29, 1.82) is 5.26 Å². The number of hydrogen-bond acceptors (Lipinski definition) is 4. The van der Waals surface area contributed by atoms with Crippen LogP contribution in [0.25, 0.3) is 0 Å². The smallest absolute Gasteiger partial charge is 0.236 e. The monoisotopic (exact) mass is 227 g/mol. The van der Waals surface area contributed by atoms with Gasteiger partial charge in [-0.2, -0.15) is 17.9 Å². The lowest BCUT2D eigenvalue weighted by molar-refractivity contribution is -0.132. The molecule has 84 valence electrons. The maximum Gasteiger partial charge on any atom is 0.236 e. The van der Waals surface area contributed by atoms with Gasteiger partial charge in [-0.25, -0.2) is 0 Å². The minimum atomic E-state index is -0.135. The number of carbonyl (C=O) groups excluding carboxylic acids is 1. The minimum absolute atomic E-state index is 0.00965. The van der Waals surface area contributed by atoms with Crippen LogP contribution >= 0.6 is 12.6 Å². The topological polar surface area (TPSA) is 47.3 Å². The quantitative estimate of drug-likeness (QED) is 0.707. The Balaban J connectivity index is 2.43. The summed E-state index contributed by atoms with van der Waals surface area (Å²) in [5, 5.41) is 8.43. The zero-order chi connectivity index (χ0) is 11.5. The van der Waals surface area contributed by atoms with Gasteiger partial charge >= 0.3 is 0 Å².